The Morgan fingerprint density at radius 3 is 2.25 bits per heavy atom. The second kappa shape index (κ2) is 27.1. The maximum absolute atomic E-state index is 14.9. The number of benzene rings is 2. The molecule has 23 nitrogen and oxygen atoms in total. The number of hydrogen-bond donors (Lipinski definition) is 11. The highest BCUT2D eigenvalue weighted by atomic mass is 16.4. The van der Waals surface area contributed by atoms with E-state index in [1.807, 2.05) is 13.8 Å². The van der Waals surface area contributed by atoms with E-state index in [0.717, 1.165) is 0 Å². The summed E-state index contributed by atoms with van der Waals surface area (Å²) in [7, 11) is 0. The van der Waals surface area contributed by atoms with Gasteiger partial charge in [-0.2, -0.15) is 0 Å². The zero-order valence-corrected chi connectivity index (χ0v) is 41.1. The van der Waals surface area contributed by atoms with Gasteiger partial charge in [0, 0.05) is 50.9 Å². The van der Waals surface area contributed by atoms with Gasteiger partial charge in [-0.1, -0.05) is 74.4 Å². The van der Waals surface area contributed by atoms with E-state index in [9.17, 15) is 53.7 Å². The number of phenolic OH excluding ortho intramolecular Hbond substituents is 1. The second-order valence-electron chi connectivity index (χ2n) is 18.5. The third-order valence-electron chi connectivity index (χ3n) is 13.0. The van der Waals surface area contributed by atoms with Gasteiger partial charge in [0.05, 0.1) is 24.7 Å². The Morgan fingerprint density at radius 2 is 1.60 bits per heavy atom. The van der Waals surface area contributed by atoms with Gasteiger partial charge in [-0.3, -0.25) is 38.6 Å². The Hall–Kier alpha value is -7.82. The molecule has 73 heavy (non-hydrogen) atoms. The van der Waals surface area contributed by atoms with Gasteiger partial charge in [0.25, 0.3) is 0 Å². The molecule has 23 heteroatoms. The third-order valence-corrected chi connectivity index (χ3v) is 13.0. The predicted octanol–water partition coefficient (Wildman–Crippen LogP) is -0.165. The number of carboxylic acid groups (broad SMARTS) is 2. The van der Waals surface area contributed by atoms with E-state index >= 15 is 0 Å². The fourth-order valence-electron chi connectivity index (χ4n) is 8.96. The first kappa shape index (κ1) is 56.1. The Labute approximate surface area is 422 Å². The molecule has 1 fully saturated rings. The first-order valence-corrected chi connectivity index (χ1v) is 24.4. The number of aliphatic imine (C=N–C) groups is 1. The predicted molar refractivity (Wildman–Crippen MR) is 267 cm³/mol. The van der Waals surface area contributed by atoms with E-state index < -0.39 is 102 Å². The van der Waals surface area contributed by atoms with Gasteiger partial charge in [0.15, 0.2) is 5.96 Å². The molecule has 2 aromatic carbocycles. The van der Waals surface area contributed by atoms with Gasteiger partial charge in [0.1, 0.15) is 36.0 Å². The molecule has 3 aromatic rings. The molecular formula is C50H68N12O11. The molecule has 0 aliphatic carbocycles. The maximum atomic E-state index is 14.9. The highest BCUT2D eigenvalue weighted by molar-refractivity contribution is 5.96. The number of guanidine groups is 1. The summed E-state index contributed by atoms with van der Waals surface area (Å²) in [4.78, 5) is 122. The minimum atomic E-state index is -1.44. The van der Waals surface area contributed by atoms with Gasteiger partial charge in [-0.25, -0.2) is 9.78 Å². The molecule has 14 N–H and O–H groups in total. The summed E-state index contributed by atoms with van der Waals surface area (Å²) < 4.78 is 0. The highest BCUT2D eigenvalue weighted by Gasteiger charge is 2.42. The molecule has 8 atom stereocenters. The van der Waals surface area contributed by atoms with Crippen molar-refractivity contribution in [3.63, 3.8) is 0 Å². The SMILES string of the molecule is CC[C@@H](C)[C@@H](C(=O)N[C@@H](Cc1cnc[nH]1)C(=O)N1CCC[C@H]1C(=O)N[C@@H](Cc1ccccc1)C(=O)O)N1CCC(CNC(=O)[C@H](CCCN=C(N)N)NC(=O)[C@@H](N)CC(=O)O)=C[C@@H](Cc2ccc(O)cc2)C1=O. The van der Waals surface area contributed by atoms with Crippen molar-refractivity contribution in [2.75, 3.05) is 26.2 Å². The average Bonchev–Trinajstić information content (AvgIpc) is 4.05. The number of rotatable bonds is 26. The van der Waals surface area contributed by atoms with E-state index in [0.29, 0.717) is 35.2 Å². The molecule has 1 aromatic heterocycles. The number of aromatic nitrogens is 2. The molecule has 394 valence electrons. The van der Waals surface area contributed by atoms with Crippen molar-refractivity contribution in [1.82, 2.24) is 41.0 Å². The summed E-state index contributed by atoms with van der Waals surface area (Å²) in [6.07, 6.45) is 5.73. The Morgan fingerprint density at radius 1 is 0.890 bits per heavy atom. The van der Waals surface area contributed by atoms with Crippen LogP contribution in [0.25, 0.3) is 0 Å². The van der Waals surface area contributed by atoms with Crippen molar-refractivity contribution in [3.05, 3.63) is 95.6 Å². The number of imidazole rings is 1. The number of carboxylic acids is 2. The Balaban J connectivity index is 1.39. The largest absolute Gasteiger partial charge is 0.508 e. The first-order chi connectivity index (χ1) is 34.8. The second-order valence-corrected chi connectivity index (χ2v) is 18.5. The number of nitrogens with two attached hydrogens (primary N) is 3. The molecule has 0 unspecified atom stereocenters. The van der Waals surface area contributed by atoms with Gasteiger partial charge >= 0.3 is 11.9 Å². The molecule has 1 saturated heterocycles. The van der Waals surface area contributed by atoms with Crippen LogP contribution in [-0.4, -0.2) is 151 Å². The summed E-state index contributed by atoms with van der Waals surface area (Å²) in [6, 6.07) is 7.86. The lowest BCUT2D eigenvalue weighted by atomic mass is 9.92. The zero-order valence-electron chi connectivity index (χ0n) is 41.1. The van der Waals surface area contributed by atoms with Crippen LogP contribution in [0.15, 0.2) is 83.8 Å². The fourth-order valence-corrected chi connectivity index (χ4v) is 8.96. The van der Waals surface area contributed by atoms with Gasteiger partial charge in [0.2, 0.25) is 35.4 Å². The van der Waals surface area contributed by atoms with Crippen LogP contribution in [-0.2, 0) is 57.6 Å². The maximum Gasteiger partial charge on any atom is 0.326 e. The topological polar surface area (TPSA) is 371 Å². The average molecular weight is 1010 g/mol. The zero-order chi connectivity index (χ0) is 53.2. The number of likely N-dealkylation sites (tertiary alicyclic amines) is 1. The number of carbonyl (C=O) groups is 8. The lowest BCUT2D eigenvalue weighted by Gasteiger charge is -2.37. The van der Waals surface area contributed by atoms with Crippen LogP contribution in [0.2, 0.25) is 0 Å². The molecular weight excluding hydrogens is 945 g/mol. The highest BCUT2D eigenvalue weighted by Crippen LogP contribution is 2.28. The number of nitrogens with zero attached hydrogens (tertiary/aromatic N) is 4. The van der Waals surface area contributed by atoms with E-state index in [4.69, 9.17) is 17.2 Å². The normalized spacial score (nSPS) is 18.1. The molecule has 0 saturated carbocycles. The smallest absolute Gasteiger partial charge is 0.326 e. The summed E-state index contributed by atoms with van der Waals surface area (Å²) >= 11 is 0. The molecule has 3 heterocycles. The number of nitrogens with one attached hydrogen (secondary N) is 5. The van der Waals surface area contributed by atoms with Crippen molar-refractivity contribution in [2.45, 2.75) is 114 Å². The van der Waals surface area contributed by atoms with Gasteiger partial charge in [-0.05, 0) is 67.7 Å². The minimum Gasteiger partial charge on any atom is -0.508 e. The Bertz CT molecular complexity index is 2450. The summed E-state index contributed by atoms with van der Waals surface area (Å²) in [5.41, 5.74) is 19.2. The van der Waals surface area contributed by atoms with Crippen LogP contribution in [0, 0.1) is 11.8 Å². The van der Waals surface area contributed by atoms with Crippen LogP contribution in [0.3, 0.4) is 0 Å². The Kier molecular flexibility index (Phi) is 20.8. The number of carbonyl (C=O) groups excluding carboxylic acids is 6. The molecule has 0 radical (unpaired) electrons. The molecule has 2 aliphatic rings. The van der Waals surface area contributed by atoms with E-state index in [1.54, 1.807) is 48.5 Å². The van der Waals surface area contributed by atoms with Crippen molar-refractivity contribution in [3.8, 4) is 5.75 Å². The van der Waals surface area contributed by atoms with Crippen molar-refractivity contribution < 1.29 is 53.7 Å². The number of aromatic hydroxyl groups is 1. The lowest BCUT2D eigenvalue weighted by molar-refractivity contribution is -0.147. The fraction of sp³-hybridized carbons (Fsp3) is 0.480. The molecule has 5 rings (SSSR count). The lowest BCUT2D eigenvalue weighted by Crippen LogP contribution is -2.60. The number of amides is 6. The van der Waals surface area contributed by atoms with Crippen LogP contribution >= 0.6 is 0 Å². The van der Waals surface area contributed by atoms with Gasteiger partial charge < -0.3 is 68.6 Å². The summed E-state index contributed by atoms with van der Waals surface area (Å²) in [5, 5.41) is 40.2. The van der Waals surface area contributed by atoms with E-state index in [-0.39, 0.29) is 82.8 Å². The molecule has 0 bridgehead atoms. The van der Waals surface area contributed by atoms with E-state index in [2.05, 4.69) is 36.2 Å². The first-order valence-electron chi connectivity index (χ1n) is 24.4. The van der Waals surface area contributed by atoms with Crippen LogP contribution in [0.5, 0.6) is 5.75 Å². The number of phenols is 1. The van der Waals surface area contributed by atoms with Crippen LogP contribution in [0.1, 0.15) is 75.6 Å². The third kappa shape index (κ3) is 16.6. The van der Waals surface area contributed by atoms with Crippen LogP contribution in [0.4, 0.5) is 0 Å². The van der Waals surface area contributed by atoms with Crippen LogP contribution < -0.4 is 38.5 Å². The number of hydrogen-bond acceptors (Lipinski definition) is 12. The summed E-state index contributed by atoms with van der Waals surface area (Å²) in [6.45, 7) is 3.91. The number of H-pyrrole nitrogens is 1. The number of aliphatic carboxylic acids is 2. The van der Waals surface area contributed by atoms with Crippen molar-refractivity contribution >= 4 is 53.3 Å². The van der Waals surface area contributed by atoms with Gasteiger partial charge in [-0.15, -0.1) is 0 Å². The van der Waals surface area contributed by atoms with Crippen molar-refractivity contribution in [2.24, 2.45) is 34.0 Å². The quantitative estimate of drug-likeness (QED) is 0.0215. The molecule has 2 aliphatic heterocycles. The van der Waals surface area contributed by atoms with Crippen molar-refractivity contribution in [1.29, 1.82) is 0 Å². The molecule has 6 amide bonds. The molecule has 0 spiro atoms. The minimum absolute atomic E-state index is 0.0129. The monoisotopic (exact) mass is 1010 g/mol. The summed E-state index contributed by atoms with van der Waals surface area (Å²) in [5.74, 6) is -7.78. The number of aromatic amines is 1. The van der Waals surface area contributed by atoms with E-state index in [1.165, 1.54) is 34.5 Å². The standard InChI is InChI=1S/C50H68N12O11/c1-3-29(2)42(46(69)59-38(24-34-27-54-28-57-34)48(71)61-19-8-12-40(61)45(68)60-39(49(72)73)23-30-9-5-4-6-10-30)62-20-17-32(22-33(47(62)70)21-31-13-15-35(63)16-14-31)26-56-44(67)37(11-7-18-55-50(52)53)58-43(66)36(51)25-41(64)65/h4-6,9-10,13-16,22,27-29,33,36-40,42,63H,3,7-8,11-12,17-21,23-26,51H2,1-2H3,(H,54,57)(H,56,67)(H,58,66)(H,59,69)(H,60,68)(H,64,65)(H,72,73)(H4,52,53,55)/t29-,33-,36+,37+,38+,39+,40+,42+/m1/s1.